The summed E-state index contributed by atoms with van der Waals surface area (Å²) in [5.74, 6) is -0.304. The van der Waals surface area contributed by atoms with Crippen molar-refractivity contribution in [2.24, 2.45) is 0 Å². The molecule has 0 aliphatic heterocycles. The van der Waals surface area contributed by atoms with Gasteiger partial charge < -0.3 is 5.32 Å². The van der Waals surface area contributed by atoms with Crippen LogP contribution in [-0.2, 0) is 24.3 Å². The lowest BCUT2D eigenvalue weighted by Crippen LogP contribution is -2.28. The Bertz CT molecular complexity index is 1270. The molecule has 2 aromatic heterocycles. The molecule has 1 N–H and O–H groups in total. The maximum absolute atomic E-state index is 12.8. The van der Waals surface area contributed by atoms with E-state index in [0.717, 1.165) is 24.8 Å². The van der Waals surface area contributed by atoms with Gasteiger partial charge in [0.2, 0.25) is 5.91 Å². The van der Waals surface area contributed by atoms with Crippen molar-refractivity contribution in [2.75, 3.05) is 5.32 Å². The summed E-state index contributed by atoms with van der Waals surface area (Å²) >= 11 is 0. The van der Waals surface area contributed by atoms with E-state index in [-0.39, 0.29) is 18.0 Å². The summed E-state index contributed by atoms with van der Waals surface area (Å²) in [6.45, 7) is 4.50. The van der Waals surface area contributed by atoms with E-state index in [9.17, 15) is 9.59 Å². The molecule has 32 heavy (non-hydrogen) atoms. The van der Waals surface area contributed by atoms with E-state index in [0.29, 0.717) is 17.9 Å². The molecule has 0 radical (unpaired) electrons. The Labute approximate surface area is 185 Å². The maximum Gasteiger partial charge on any atom is 0.283 e. The molecule has 0 fully saturated rings. The Hall–Kier alpha value is -3.81. The van der Waals surface area contributed by atoms with Gasteiger partial charge in [-0.05, 0) is 43.0 Å². The number of carbonyl (C=O) groups excluding carboxylic acids is 1. The van der Waals surface area contributed by atoms with E-state index in [4.69, 9.17) is 0 Å². The van der Waals surface area contributed by atoms with Gasteiger partial charge in [0.1, 0.15) is 12.9 Å². The fraction of sp³-hybridized carbons (Fsp3) is 0.292. The lowest BCUT2D eigenvalue weighted by Gasteiger charge is -2.08. The number of benzene rings is 2. The second-order valence-corrected chi connectivity index (χ2v) is 7.93. The highest BCUT2D eigenvalue weighted by atomic mass is 16.2. The zero-order chi connectivity index (χ0) is 22.5. The SMILES string of the molecule is CCCCc1ccc(NC(=O)Cn2cnc3c(nnn3Cc3ccc(C)cc3)c2=O)cc1. The molecule has 0 spiro atoms. The zero-order valence-corrected chi connectivity index (χ0v) is 18.3. The average molecular weight is 431 g/mol. The molecular weight excluding hydrogens is 404 g/mol. The standard InChI is InChI=1S/C24H26N6O2/c1-3-4-5-18-10-12-20(13-11-18)26-21(31)15-29-16-25-23-22(24(29)32)27-28-30(23)14-19-8-6-17(2)7-9-19/h6-13,16H,3-5,14-15H2,1-2H3,(H,26,31). The highest BCUT2D eigenvalue weighted by Crippen LogP contribution is 2.12. The van der Waals surface area contributed by atoms with Crippen LogP contribution < -0.4 is 10.9 Å². The summed E-state index contributed by atoms with van der Waals surface area (Å²) < 4.78 is 2.84. The van der Waals surface area contributed by atoms with Crippen LogP contribution in [0, 0.1) is 6.92 Å². The number of aromatic nitrogens is 5. The van der Waals surface area contributed by atoms with Crippen molar-refractivity contribution in [1.82, 2.24) is 24.5 Å². The summed E-state index contributed by atoms with van der Waals surface area (Å²) in [6.07, 6.45) is 4.68. The highest BCUT2D eigenvalue weighted by Gasteiger charge is 2.14. The number of unbranched alkanes of at least 4 members (excludes halogenated alkanes) is 1. The second-order valence-electron chi connectivity index (χ2n) is 7.93. The number of amides is 1. The molecule has 0 saturated heterocycles. The van der Waals surface area contributed by atoms with E-state index >= 15 is 0 Å². The molecule has 4 rings (SSSR count). The number of nitrogens with zero attached hydrogens (tertiary/aromatic N) is 5. The number of nitrogens with one attached hydrogen (secondary N) is 1. The minimum Gasteiger partial charge on any atom is -0.325 e. The van der Waals surface area contributed by atoms with E-state index in [1.807, 2.05) is 55.5 Å². The quantitative estimate of drug-likeness (QED) is 0.463. The molecule has 8 heteroatoms. The van der Waals surface area contributed by atoms with Crippen LogP contribution in [0.5, 0.6) is 0 Å². The fourth-order valence-corrected chi connectivity index (χ4v) is 3.46. The summed E-state index contributed by atoms with van der Waals surface area (Å²) in [4.78, 5) is 29.6. The van der Waals surface area contributed by atoms with Gasteiger partial charge in [0.15, 0.2) is 11.2 Å². The topological polar surface area (TPSA) is 94.7 Å². The molecule has 0 aliphatic rings. The van der Waals surface area contributed by atoms with E-state index in [2.05, 4.69) is 27.5 Å². The Morgan fingerprint density at radius 2 is 1.75 bits per heavy atom. The molecule has 0 aliphatic carbocycles. The summed E-state index contributed by atoms with van der Waals surface area (Å²) in [6, 6.07) is 15.8. The molecule has 4 aromatic rings. The van der Waals surface area contributed by atoms with Crippen molar-refractivity contribution < 1.29 is 4.79 Å². The predicted octanol–water partition coefficient (Wildman–Crippen LogP) is 3.33. The predicted molar refractivity (Wildman–Crippen MR) is 124 cm³/mol. The lowest BCUT2D eigenvalue weighted by molar-refractivity contribution is -0.116. The number of hydrogen-bond acceptors (Lipinski definition) is 5. The Kier molecular flexibility index (Phi) is 6.39. The van der Waals surface area contributed by atoms with Gasteiger partial charge in [-0.2, -0.15) is 0 Å². The zero-order valence-electron chi connectivity index (χ0n) is 18.3. The van der Waals surface area contributed by atoms with Gasteiger partial charge in [-0.3, -0.25) is 14.2 Å². The molecule has 164 valence electrons. The van der Waals surface area contributed by atoms with Gasteiger partial charge in [-0.1, -0.05) is 60.5 Å². The fourth-order valence-electron chi connectivity index (χ4n) is 3.46. The van der Waals surface area contributed by atoms with Crippen molar-refractivity contribution in [3.05, 3.63) is 81.9 Å². The van der Waals surface area contributed by atoms with Crippen molar-refractivity contribution in [3.8, 4) is 0 Å². The van der Waals surface area contributed by atoms with Crippen LogP contribution in [0.3, 0.4) is 0 Å². The van der Waals surface area contributed by atoms with E-state index in [1.54, 1.807) is 4.68 Å². The van der Waals surface area contributed by atoms with Crippen molar-refractivity contribution in [2.45, 2.75) is 46.2 Å². The van der Waals surface area contributed by atoms with Crippen LogP contribution in [-0.4, -0.2) is 30.5 Å². The highest BCUT2D eigenvalue weighted by molar-refractivity contribution is 5.90. The van der Waals surface area contributed by atoms with Crippen LogP contribution in [0.1, 0.15) is 36.5 Å². The molecule has 2 heterocycles. The number of aryl methyl sites for hydroxylation is 2. The number of anilines is 1. The van der Waals surface area contributed by atoms with Crippen LogP contribution in [0.15, 0.2) is 59.7 Å². The molecule has 0 unspecified atom stereocenters. The number of carbonyl (C=O) groups is 1. The third-order valence-corrected chi connectivity index (χ3v) is 5.32. The van der Waals surface area contributed by atoms with Gasteiger partial charge in [0, 0.05) is 5.69 Å². The molecule has 0 atom stereocenters. The molecule has 0 saturated carbocycles. The van der Waals surface area contributed by atoms with E-state index in [1.165, 1.54) is 22.0 Å². The van der Waals surface area contributed by atoms with Crippen LogP contribution >= 0.6 is 0 Å². The minimum absolute atomic E-state index is 0.146. The summed E-state index contributed by atoms with van der Waals surface area (Å²) in [5.41, 5.74) is 4.29. The van der Waals surface area contributed by atoms with Gasteiger partial charge in [-0.25, -0.2) is 9.67 Å². The molecular formula is C24H26N6O2. The Morgan fingerprint density at radius 1 is 1.03 bits per heavy atom. The van der Waals surface area contributed by atoms with Gasteiger partial charge in [0.25, 0.3) is 5.56 Å². The van der Waals surface area contributed by atoms with Crippen LogP contribution in [0.2, 0.25) is 0 Å². The largest absolute Gasteiger partial charge is 0.325 e. The normalized spacial score (nSPS) is 11.1. The van der Waals surface area contributed by atoms with Gasteiger partial charge in [0.05, 0.1) is 6.54 Å². The van der Waals surface area contributed by atoms with Gasteiger partial charge >= 0.3 is 0 Å². The summed E-state index contributed by atoms with van der Waals surface area (Å²) in [7, 11) is 0. The first kappa shape index (κ1) is 21.4. The first-order valence-electron chi connectivity index (χ1n) is 10.8. The van der Waals surface area contributed by atoms with Gasteiger partial charge in [-0.15, -0.1) is 5.10 Å². The first-order valence-corrected chi connectivity index (χ1v) is 10.8. The van der Waals surface area contributed by atoms with Crippen LogP contribution in [0.25, 0.3) is 11.2 Å². The lowest BCUT2D eigenvalue weighted by atomic mass is 10.1. The number of hydrogen-bond donors (Lipinski definition) is 1. The van der Waals surface area contributed by atoms with Crippen molar-refractivity contribution in [3.63, 3.8) is 0 Å². The summed E-state index contributed by atoms with van der Waals surface area (Å²) in [5, 5.41) is 10.9. The van der Waals surface area contributed by atoms with E-state index < -0.39 is 5.56 Å². The van der Waals surface area contributed by atoms with Crippen LogP contribution in [0.4, 0.5) is 5.69 Å². The minimum atomic E-state index is -0.393. The van der Waals surface area contributed by atoms with Crippen molar-refractivity contribution >= 4 is 22.8 Å². The third-order valence-electron chi connectivity index (χ3n) is 5.32. The monoisotopic (exact) mass is 430 g/mol. The molecule has 0 bridgehead atoms. The number of fused-ring (bicyclic) bond motifs is 1. The first-order chi connectivity index (χ1) is 15.5. The number of rotatable bonds is 8. The Morgan fingerprint density at radius 3 is 2.47 bits per heavy atom. The molecule has 8 nitrogen and oxygen atoms in total. The van der Waals surface area contributed by atoms with Crippen molar-refractivity contribution in [1.29, 1.82) is 0 Å². The molecule has 1 amide bonds. The maximum atomic E-state index is 12.8. The average Bonchev–Trinajstić information content (AvgIpc) is 3.20. The molecule has 2 aromatic carbocycles. The Balaban J connectivity index is 1.45. The third kappa shape index (κ3) is 4.91. The smallest absolute Gasteiger partial charge is 0.283 e. The second kappa shape index (κ2) is 9.55.